The lowest BCUT2D eigenvalue weighted by molar-refractivity contribution is 0.0990. The van der Waals surface area contributed by atoms with Crippen molar-refractivity contribution in [3.05, 3.63) is 42.0 Å². The van der Waals surface area contributed by atoms with Crippen LogP contribution in [-0.2, 0) is 9.84 Å². The molecule has 0 heterocycles. The predicted octanol–water partition coefficient (Wildman–Crippen LogP) is 2.43. The first-order valence-corrected chi connectivity index (χ1v) is 8.27. The molecule has 5 heteroatoms. The Morgan fingerprint density at radius 2 is 1.75 bits per heavy atom. The Balaban J connectivity index is 2.28. The van der Waals surface area contributed by atoms with E-state index in [1.807, 2.05) is 24.3 Å². The number of sulfone groups is 1. The van der Waals surface area contributed by atoms with Crippen LogP contribution in [-0.4, -0.2) is 25.7 Å². The molecule has 2 N–H and O–H groups in total. The zero-order valence-corrected chi connectivity index (χ0v) is 12.1. The molecule has 0 spiro atoms. The fourth-order valence-corrected chi connectivity index (χ4v) is 2.81. The highest BCUT2D eigenvalue weighted by Gasteiger charge is 2.15. The van der Waals surface area contributed by atoms with Crippen LogP contribution in [0.1, 0.15) is 23.7 Å². The van der Waals surface area contributed by atoms with Gasteiger partial charge in [0.25, 0.3) is 0 Å². The van der Waals surface area contributed by atoms with Crippen molar-refractivity contribution in [2.45, 2.75) is 13.3 Å². The van der Waals surface area contributed by atoms with Gasteiger partial charge in [-0.3, -0.25) is 4.79 Å². The maximum absolute atomic E-state index is 12.1. The van der Waals surface area contributed by atoms with Crippen LogP contribution in [0.15, 0.2) is 36.4 Å². The van der Waals surface area contributed by atoms with Gasteiger partial charge in [0.05, 0.1) is 5.75 Å². The van der Waals surface area contributed by atoms with Crippen molar-refractivity contribution in [1.82, 2.24) is 0 Å². The lowest BCUT2D eigenvalue weighted by Gasteiger charge is -2.07. The molecule has 2 aromatic rings. The molecule has 0 amide bonds. The molecule has 2 aromatic carbocycles. The Hall–Kier alpha value is -1.88. The first-order chi connectivity index (χ1) is 9.43. The summed E-state index contributed by atoms with van der Waals surface area (Å²) < 4.78 is 22.9. The third-order valence-corrected chi connectivity index (χ3v) is 5.00. The third kappa shape index (κ3) is 3.17. The predicted molar refractivity (Wildman–Crippen MR) is 81.6 cm³/mol. The van der Waals surface area contributed by atoms with E-state index in [2.05, 4.69) is 0 Å². The van der Waals surface area contributed by atoms with Gasteiger partial charge in [-0.05, 0) is 22.9 Å². The highest BCUT2D eigenvalue weighted by molar-refractivity contribution is 7.91. The smallest absolute Gasteiger partial charge is 0.165 e. The van der Waals surface area contributed by atoms with Crippen LogP contribution >= 0.6 is 0 Å². The van der Waals surface area contributed by atoms with Crippen molar-refractivity contribution < 1.29 is 13.2 Å². The van der Waals surface area contributed by atoms with Gasteiger partial charge in [0, 0.05) is 23.4 Å². The van der Waals surface area contributed by atoms with Crippen LogP contribution in [0.3, 0.4) is 0 Å². The van der Waals surface area contributed by atoms with Crippen LogP contribution < -0.4 is 5.73 Å². The molecule has 106 valence electrons. The monoisotopic (exact) mass is 291 g/mol. The van der Waals surface area contributed by atoms with E-state index >= 15 is 0 Å². The van der Waals surface area contributed by atoms with E-state index < -0.39 is 9.84 Å². The highest BCUT2D eigenvalue weighted by Crippen LogP contribution is 2.23. The summed E-state index contributed by atoms with van der Waals surface area (Å²) in [7, 11) is -3.14. The number of nitrogens with two attached hydrogens (primary N) is 1. The van der Waals surface area contributed by atoms with Crippen molar-refractivity contribution in [2.24, 2.45) is 0 Å². The van der Waals surface area contributed by atoms with Crippen molar-refractivity contribution in [3.63, 3.8) is 0 Å². The van der Waals surface area contributed by atoms with Crippen LogP contribution in [0.4, 0.5) is 5.69 Å². The SMILES string of the molecule is CCS(=O)(=O)CCC(=O)c1cc2ccccc2cc1N. The molecule has 0 atom stereocenters. The van der Waals surface area contributed by atoms with E-state index in [9.17, 15) is 13.2 Å². The molecule has 0 aromatic heterocycles. The number of ketones is 1. The first-order valence-electron chi connectivity index (χ1n) is 6.45. The van der Waals surface area contributed by atoms with Gasteiger partial charge in [0.15, 0.2) is 5.78 Å². The number of anilines is 1. The molecular formula is C15H17NO3S. The summed E-state index contributed by atoms with van der Waals surface area (Å²) in [6.07, 6.45) is -0.0291. The minimum atomic E-state index is -3.14. The Labute approximate surface area is 118 Å². The zero-order chi connectivity index (χ0) is 14.8. The first kappa shape index (κ1) is 14.5. The zero-order valence-electron chi connectivity index (χ0n) is 11.3. The van der Waals surface area contributed by atoms with E-state index in [1.54, 1.807) is 19.1 Å². The number of benzene rings is 2. The Morgan fingerprint density at radius 1 is 1.15 bits per heavy atom. The number of hydrogen-bond acceptors (Lipinski definition) is 4. The molecule has 0 aliphatic carbocycles. The topological polar surface area (TPSA) is 77.2 Å². The quantitative estimate of drug-likeness (QED) is 0.678. The average molecular weight is 291 g/mol. The van der Waals surface area contributed by atoms with Crippen molar-refractivity contribution in [3.8, 4) is 0 Å². The van der Waals surface area contributed by atoms with Crippen LogP contribution in [0.5, 0.6) is 0 Å². The van der Waals surface area contributed by atoms with Gasteiger partial charge in [-0.25, -0.2) is 8.42 Å². The lowest BCUT2D eigenvalue weighted by atomic mass is 10.0. The molecule has 0 saturated heterocycles. The second-order valence-corrected chi connectivity index (χ2v) is 7.17. The van der Waals surface area contributed by atoms with E-state index in [4.69, 9.17) is 5.73 Å². The second-order valence-electron chi connectivity index (χ2n) is 4.70. The van der Waals surface area contributed by atoms with Gasteiger partial charge in [-0.15, -0.1) is 0 Å². The summed E-state index contributed by atoms with van der Waals surface area (Å²) in [6, 6.07) is 11.1. The van der Waals surface area contributed by atoms with Crippen LogP contribution in [0.25, 0.3) is 10.8 Å². The Morgan fingerprint density at radius 3 is 2.35 bits per heavy atom. The molecular weight excluding hydrogens is 274 g/mol. The molecule has 0 unspecified atom stereocenters. The van der Waals surface area contributed by atoms with Crippen molar-refractivity contribution in [1.29, 1.82) is 0 Å². The Kier molecular flexibility index (Phi) is 4.09. The van der Waals surface area contributed by atoms with Crippen molar-refractivity contribution in [2.75, 3.05) is 17.2 Å². The molecule has 0 aliphatic heterocycles. The summed E-state index contributed by atoms with van der Waals surface area (Å²) in [5.41, 5.74) is 6.68. The number of nitrogen functional groups attached to an aromatic ring is 1. The minimum Gasteiger partial charge on any atom is -0.398 e. The summed E-state index contributed by atoms with van der Waals surface area (Å²) >= 11 is 0. The summed E-state index contributed by atoms with van der Waals surface area (Å²) in [5.74, 6) is -0.312. The summed E-state index contributed by atoms with van der Waals surface area (Å²) in [6.45, 7) is 1.57. The Bertz CT molecular complexity index is 751. The van der Waals surface area contributed by atoms with Gasteiger partial charge in [0.1, 0.15) is 9.84 Å². The molecule has 0 bridgehead atoms. The number of carbonyl (C=O) groups excluding carboxylic acids is 1. The van der Waals surface area contributed by atoms with Crippen molar-refractivity contribution >= 4 is 32.1 Å². The van der Waals surface area contributed by atoms with Gasteiger partial charge in [-0.2, -0.15) is 0 Å². The molecule has 0 radical (unpaired) electrons. The summed E-state index contributed by atoms with van der Waals surface area (Å²) in [5, 5.41) is 1.88. The number of rotatable bonds is 5. The molecule has 0 fully saturated rings. The normalized spacial score (nSPS) is 11.7. The van der Waals surface area contributed by atoms with Gasteiger partial charge < -0.3 is 5.73 Å². The number of hydrogen-bond donors (Lipinski definition) is 1. The molecule has 0 saturated carbocycles. The minimum absolute atomic E-state index is 0.0291. The standard InChI is InChI=1S/C15H17NO3S/c1-2-20(18,19)8-7-15(17)13-9-11-5-3-4-6-12(11)10-14(13)16/h3-6,9-10H,2,7-8,16H2,1H3. The van der Waals surface area contributed by atoms with Gasteiger partial charge in [-0.1, -0.05) is 31.2 Å². The number of fused-ring (bicyclic) bond motifs is 1. The summed E-state index contributed by atoms with van der Waals surface area (Å²) in [4.78, 5) is 12.1. The molecule has 0 aliphatic rings. The molecule has 4 nitrogen and oxygen atoms in total. The third-order valence-electron chi connectivity index (χ3n) is 3.30. The highest BCUT2D eigenvalue weighted by atomic mass is 32.2. The van der Waals surface area contributed by atoms with Crippen LogP contribution in [0, 0.1) is 0 Å². The van der Waals surface area contributed by atoms with E-state index in [-0.39, 0.29) is 23.7 Å². The average Bonchev–Trinajstić information content (AvgIpc) is 2.44. The second kappa shape index (κ2) is 5.63. The fourth-order valence-electron chi connectivity index (χ4n) is 2.03. The maximum Gasteiger partial charge on any atom is 0.165 e. The van der Waals surface area contributed by atoms with E-state index in [0.29, 0.717) is 11.3 Å². The number of carbonyl (C=O) groups is 1. The lowest BCUT2D eigenvalue weighted by Crippen LogP contribution is -2.14. The molecule has 20 heavy (non-hydrogen) atoms. The van der Waals surface area contributed by atoms with E-state index in [1.165, 1.54) is 0 Å². The van der Waals surface area contributed by atoms with Gasteiger partial charge in [0.2, 0.25) is 0 Å². The largest absolute Gasteiger partial charge is 0.398 e. The van der Waals surface area contributed by atoms with Gasteiger partial charge >= 0.3 is 0 Å². The van der Waals surface area contributed by atoms with E-state index in [0.717, 1.165) is 10.8 Å². The maximum atomic E-state index is 12.1. The molecule has 2 rings (SSSR count). The van der Waals surface area contributed by atoms with Crippen LogP contribution in [0.2, 0.25) is 0 Å². The number of Topliss-reactive ketones (excluding diaryl/α,β-unsaturated/α-hetero) is 1. The fraction of sp³-hybridized carbons (Fsp3) is 0.267.